The number of hydrazine groups is 1. The van der Waals surface area contributed by atoms with Crippen LogP contribution in [0.5, 0.6) is 17.2 Å². The van der Waals surface area contributed by atoms with E-state index in [-0.39, 0.29) is 5.56 Å². The van der Waals surface area contributed by atoms with Crippen molar-refractivity contribution in [2.45, 2.75) is 39.7 Å². The summed E-state index contributed by atoms with van der Waals surface area (Å²) in [7, 11) is 4.51. The third-order valence-corrected chi connectivity index (χ3v) is 5.20. The summed E-state index contributed by atoms with van der Waals surface area (Å²) in [6.07, 6.45) is 0.550. The molecule has 0 saturated carbocycles. The molecule has 0 fully saturated rings. The molecule has 2 aromatic rings. The van der Waals surface area contributed by atoms with Crippen molar-refractivity contribution >= 4 is 11.8 Å². The maximum absolute atomic E-state index is 13.5. The number of hydrogen-bond acceptors (Lipinski definition) is 6. The van der Waals surface area contributed by atoms with E-state index in [9.17, 15) is 14.9 Å². The van der Waals surface area contributed by atoms with Gasteiger partial charge in [-0.15, -0.1) is 0 Å². The summed E-state index contributed by atoms with van der Waals surface area (Å²) in [6, 6.07) is 10.3. The molecule has 32 heavy (non-hydrogen) atoms. The van der Waals surface area contributed by atoms with E-state index in [1.165, 1.54) is 21.3 Å². The second-order valence-corrected chi connectivity index (χ2v) is 7.60. The van der Waals surface area contributed by atoms with E-state index in [1.54, 1.807) is 51.1 Å². The topological polar surface area (TPSA) is 101 Å². The molecule has 8 nitrogen and oxygen atoms in total. The minimum absolute atomic E-state index is 0.203. The third kappa shape index (κ3) is 4.78. The number of nitrogens with one attached hydrogen (secondary N) is 1. The van der Waals surface area contributed by atoms with E-state index in [4.69, 9.17) is 14.2 Å². The van der Waals surface area contributed by atoms with Crippen LogP contribution in [0.15, 0.2) is 30.3 Å². The molecule has 2 amide bonds. The summed E-state index contributed by atoms with van der Waals surface area (Å²) in [6.45, 7) is 6.79. The van der Waals surface area contributed by atoms with E-state index in [1.807, 2.05) is 6.92 Å². The summed E-state index contributed by atoms with van der Waals surface area (Å²) in [5, 5.41) is 10.7. The van der Waals surface area contributed by atoms with Gasteiger partial charge in [0.05, 0.1) is 27.4 Å². The van der Waals surface area contributed by atoms with Gasteiger partial charge in [-0.05, 0) is 51.5 Å². The van der Waals surface area contributed by atoms with Crippen LogP contribution in [0.2, 0.25) is 0 Å². The van der Waals surface area contributed by atoms with Crippen LogP contribution in [0, 0.1) is 18.3 Å². The van der Waals surface area contributed by atoms with Gasteiger partial charge in [-0.2, -0.15) is 5.26 Å². The first-order chi connectivity index (χ1) is 15.1. The van der Waals surface area contributed by atoms with Crippen molar-refractivity contribution in [3.8, 4) is 23.3 Å². The van der Waals surface area contributed by atoms with Gasteiger partial charge in [0.2, 0.25) is 0 Å². The van der Waals surface area contributed by atoms with Gasteiger partial charge in [-0.25, -0.2) is 5.01 Å². The van der Waals surface area contributed by atoms with Gasteiger partial charge in [-0.1, -0.05) is 13.0 Å². The minimum Gasteiger partial charge on any atom is -0.496 e. The largest absolute Gasteiger partial charge is 0.496 e. The van der Waals surface area contributed by atoms with Crippen molar-refractivity contribution in [2.75, 3.05) is 21.3 Å². The van der Waals surface area contributed by atoms with Crippen molar-refractivity contribution in [1.29, 1.82) is 5.26 Å². The fourth-order valence-corrected chi connectivity index (χ4v) is 3.33. The smallest absolute Gasteiger partial charge is 0.274 e. The van der Waals surface area contributed by atoms with Crippen molar-refractivity contribution < 1.29 is 23.8 Å². The lowest BCUT2D eigenvalue weighted by atomic mass is 10.0. The molecule has 0 spiro atoms. The Kier molecular flexibility index (Phi) is 7.71. The highest BCUT2D eigenvalue weighted by atomic mass is 16.5. The van der Waals surface area contributed by atoms with Crippen LogP contribution in [0.3, 0.4) is 0 Å². The summed E-state index contributed by atoms with van der Waals surface area (Å²) < 4.78 is 16.1. The summed E-state index contributed by atoms with van der Waals surface area (Å²) in [4.78, 5) is 26.6. The molecule has 2 aromatic carbocycles. The molecule has 0 aromatic heterocycles. The van der Waals surface area contributed by atoms with Gasteiger partial charge < -0.3 is 14.2 Å². The van der Waals surface area contributed by atoms with Crippen LogP contribution in [0.25, 0.3) is 0 Å². The zero-order valence-electron chi connectivity index (χ0n) is 19.5. The lowest BCUT2D eigenvalue weighted by Crippen LogP contribution is -2.56. The van der Waals surface area contributed by atoms with E-state index in [0.717, 1.165) is 10.6 Å². The molecule has 2 rings (SSSR count). The van der Waals surface area contributed by atoms with E-state index < -0.39 is 17.4 Å². The highest BCUT2D eigenvalue weighted by molar-refractivity contribution is 6.01. The van der Waals surface area contributed by atoms with Gasteiger partial charge in [0.25, 0.3) is 11.8 Å². The van der Waals surface area contributed by atoms with Crippen LogP contribution >= 0.6 is 0 Å². The summed E-state index contributed by atoms with van der Waals surface area (Å²) >= 11 is 0. The predicted octanol–water partition coefficient (Wildman–Crippen LogP) is 3.67. The monoisotopic (exact) mass is 439 g/mol. The number of carbonyl (C=O) groups is 2. The maximum atomic E-state index is 13.5. The first-order valence-corrected chi connectivity index (χ1v) is 10.1. The minimum atomic E-state index is -1.34. The Morgan fingerprint density at radius 3 is 2.09 bits per heavy atom. The fraction of sp³-hybridized carbons (Fsp3) is 0.375. The molecule has 0 unspecified atom stereocenters. The highest BCUT2D eigenvalue weighted by Crippen LogP contribution is 2.31. The van der Waals surface area contributed by atoms with E-state index in [0.29, 0.717) is 34.8 Å². The quantitative estimate of drug-likeness (QED) is 0.661. The molecular weight excluding hydrogens is 410 g/mol. The summed E-state index contributed by atoms with van der Waals surface area (Å²) in [5.74, 6) is 0.376. The molecule has 0 saturated heterocycles. The Labute approximate surface area is 188 Å². The van der Waals surface area contributed by atoms with E-state index >= 15 is 0 Å². The van der Waals surface area contributed by atoms with Crippen molar-refractivity contribution in [3.05, 3.63) is 52.6 Å². The number of nitrogens with zero attached hydrogens (tertiary/aromatic N) is 2. The number of hydrogen-bond donors (Lipinski definition) is 1. The van der Waals surface area contributed by atoms with Crippen LogP contribution in [-0.4, -0.2) is 43.7 Å². The first-order valence-electron chi connectivity index (χ1n) is 10.1. The average molecular weight is 440 g/mol. The van der Waals surface area contributed by atoms with Gasteiger partial charge in [0, 0.05) is 22.3 Å². The normalized spacial score (nSPS) is 10.7. The Hall–Kier alpha value is -3.73. The Bertz CT molecular complexity index is 1030. The lowest BCUT2D eigenvalue weighted by Gasteiger charge is -2.33. The number of rotatable bonds is 7. The molecule has 170 valence electrons. The lowest BCUT2D eigenvalue weighted by molar-refractivity contribution is 0.0424. The molecule has 0 radical (unpaired) electrons. The first kappa shape index (κ1) is 24.5. The Morgan fingerprint density at radius 1 is 1.06 bits per heavy atom. The highest BCUT2D eigenvalue weighted by Gasteiger charge is 2.35. The molecule has 0 bridgehead atoms. The SMILES string of the molecule is CCc1c(OC)cccc1C(=O)NN(C(=O)c1cc(OC)c(C)c(OC)c1)C(C)(C)C#N. The molecule has 0 heterocycles. The molecular formula is C24H29N3O5. The number of amides is 2. The maximum Gasteiger partial charge on any atom is 0.274 e. The van der Waals surface area contributed by atoms with Crippen molar-refractivity contribution in [1.82, 2.24) is 10.4 Å². The zero-order chi connectivity index (χ0) is 24.1. The number of methoxy groups -OCH3 is 3. The Balaban J connectivity index is 2.53. The number of carbonyl (C=O) groups excluding carboxylic acids is 2. The van der Waals surface area contributed by atoms with Crippen LogP contribution in [0.1, 0.15) is 52.6 Å². The second kappa shape index (κ2) is 10.1. The molecule has 1 N–H and O–H groups in total. The fourth-order valence-electron chi connectivity index (χ4n) is 3.33. The third-order valence-electron chi connectivity index (χ3n) is 5.20. The van der Waals surface area contributed by atoms with E-state index in [2.05, 4.69) is 11.5 Å². The predicted molar refractivity (Wildman–Crippen MR) is 120 cm³/mol. The second-order valence-electron chi connectivity index (χ2n) is 7.60. The Morgan fingerprint density at radius 2 is 1.62 bits per heavy atom. The van der Waals surface area contributed by atoms with Crippen molar-refractivity contribution in [2.24, 2.45) is 0 Å². The molecule has 0 aliphatic carbocycles. The van der Waals surface area contributed by atoms with Crippen molar-refractivity contribution in [3.63, 3.8) is 0 Å². The van der Waals surface area contributed by atoms with Crippen LogP contribution in [0.4, 0.5) is 0 Å². The standard InChI is InChI=1S/C24H29N3O5/c1-8-17-18(10-9-11-19(17)30-5)22(28)26-27(24(3,4)14-25)23(29)16-12-20(31-6)15(2)21(13-16)32-7/h9-13H,8H2,1-7H3,(H,26,28). The number of benzene rings is 2. The average Bonchev–Trinajstić information content (AvgIpc) is 2.81. The number of ether oxygens (including phenoxy) is 3. The molecule has 0 atom stereocenters. The zero-order valence-corrected chi connectivity index (χ0v) is 19.5. The van der Waals surface area contributed by atoms with Gasteiger partial charge in [-0.3, -0.25) is 15.0 Å². The molecule has 0 aliphatic heterocycles. The molecule has 0 aliphatic rings. The van der Waals surface area contributed by atoms with Gasteiger partial charge in [0.15, 0.2) is 0 Å². The summed E-state index contributed by atoms with van der Waals surface area (Å²) in [5.41, 5.74) is 3.27. The number of nitriles is 1. The van der Waals surface area contributed by atoms with Crippen LogP contribution < -0.4 is 19.6 Å². The van der Waals surface area contributed by atoms with Gasteiger partial charge >= 0.3 is 0 Å². The van der Waals surface area contributed by atoms with Gasteiger partial charge in [0.1, 0.15) is 22.8 Å². The van der Waals surface area contributed by atoms with Crippen LogP contribution in [-0.2, 0) is 6.42 Å². The molecule has 8 heteroatoms.